The van der Waals surface area contributed by atoms with E-state index >= 15 is 0 Å². The molecule has 1 heterocycles. The highest BCUT2D eigenvalue weighted by molar-refractivity contribution is 7.89. The second-order valence-corrected chi connectivity index (χ2v) is 6.17. The fourth-order valence-corrected chi connectivity index (χ4v) is 3.14. The van der Waals surface area contributed by atoms with Crippen LogP contribution in [0.15, 0.2) is 41.6 Å². The molecule has 0 aliphatic rings. The van der Waals surface area contributed by atoms with Gasteiger partial charge in [0.1, 0.15) is 10.6 Å². The average Bonchev–Trinajstić information content (AvgIpc) is 2.97. The number of nitrogens with two attached hydrogens (primary N) is 1. The zero-order valence-electron chi connectivity index (χ0n) is 11.7. The maximum atomic E-state index is 12.3. The van der Waals surface area contributed by atoms with Crippen LogP contribution in [0, 0.1) is 0 Å². The quantitative estimate of drug-likeness (QED) is 0.583. The second-order valence-electron chi connectivity index (χ2n) is 4.43. The number of nitrogens with zero attached hydrogens (tertiary/aromatic N) is 2. The number of nitrogens with one attached hydrogen (secondary N) is 1. The summed E-state index contributed by atoms with van der Waals surface area (Å²) in [5.41, 5.74) is 6.01. The first-order valence-corrected chi connectivity index (χ1v) is 7.92. The average molecular weight is 310 g/mol. The van der Waals surface area contributed by atoms with Gasteiger partial charge in [0.25, 0.3) is 0 Å². The van der Waals surface area contributed by atoms with Crippen molar-refractivity contribution < 1.29 is 13.2 Å². The lowest BCUT2D eigenvalue weighted by atomic mass is 10.3. The van der Waals surface area contributed by atoms with Crippen molar-refractivity contribution in [3.63, 3.8) is 0 Å². The largest absolute Gasteiger partial charge is 0.495 e. The minimum absolute atomic E-state index is 0.0455. The lowest BCUT2D eigenvalue weighted by Gasteiger charge is -2.11. The van der Waals surface area contributed by atoms with E-state index in [1.807, 2.05) is 12.3 Å². The van der Waals surface area contributed by atoms with E-state index in [9.17, 15) is 8.42 Å². The number of methoxy groups -OCH3 is 1. The van der Waals surface area contributed by atoms with Crippen molar-refractivity contribution in [2.45, 2.75) is 17.9 Å². The standard InChI is InChI=1S/C13H18N4O3S/c1-20-12-5-4-11(14)10-13(12)21(18,19)16-7-3-9-17-8-2-6-15-17/h2,4-6,8,10,16H,3,7,9,14H2,1H3. The Morgan fingerprint density at radius 2 is 2.24 bits per heavy atom. The Bertz CT molecular complexity index is 683. The van der Waals surface area contributed by atoms with Crippen LogP contribution in [0.4, 0.5) is 5.69 Å². The number of aromatic nitrogens is 2. The van der Waals surface area contributed by atoms with Gasteiger partial charge in [-0.05, 0) is 30.7 Å². The van der Waals surface area contributed by atoms with Gasteiger partial charge in [-0.1, -0.05) is 0 Å². The molecule has 1 aromatic heterocycles. The number of nitrogen functional groups attached to an aromatic ring is 1. The Morgan fingerprint density at radius 3 is 2.90 bits per heavy atom. The third-order valence-electron chi connectivity index (χ3n) is 2.89. The first kappa shape index (κ1) is 15.3. The van der Waals surface area contributed by atoms with Gasteiger partial charge in [-0.2, -0.15) is 5.10 Å². The van der Waals surface area contributed by atoms with Crippen molar-refractivity contribution >= 4 is 15.7 Å². The SMILES string of the molecule is COc1ccc(N)cc1S(=O)(=O)NCCCn1cccn1. The number of aryl methyl sites for hydroxylation is 1. The number of rotatable bonds is 7. The van der Waals surface area contributed by atoms with Gasteiger partial charge in [0.05, 0.1) is 7.11 Å². The number of sulfonamides is 1. The van der Waals surface area contributed by atoms with Gasteiger partial charge >= 0.3 is 0 Å². The van der Waals surface area contributed by atoms with Crippen LogP contribution in [-0.2, 0) is 16.6 Å². The molecule has 1 aromatic carbocycles. The maximum absolute atomic E-state index is 12.3. The normalized spacial score (nSPS) is 11.5. The molecule has 0 atom stereocenters. The summed E-state index contributed by atoms with van der Waals surface area (Å²) in [5, 5.41) is 4.05. The summed E-state index contributed by atoms with van der Waals surface area (Å²) in [5.74, 6) is 0.267. The smallest absolute Gasteiger partial charge is 0.244 e. The van der Waals surface area contributed by atoms with Gasteiger partial charge in [0.15, 0.2) is 0 Å². The summed E-state index contributed by atoms with van der Waals surface area (Å²) in [6, 6.07) is 6.33. The lowest BCUT2D eigenvalue weighted by Crippen LogP contribution is -2.26. The third-order valence-corrected chi connectivity index (χ3v) is 4.37. The van der Waals surface area contributed by atoms with Gasteiger partial charge < -0.3 is 10.5 Å². The molecule has 2 rings (SSSR count). The van der Waals surface area contributed by atoms with Gasteiger partial charge in [-0.25, -0.2) is 13.1 Å². The molecule has 0 aliphatic heterocycles. The molecule has 0 saturated heterocycles. The fraction of sp³-hybridized carbons (Fsp3) is 0.308. The predicted molar refractivity (Wildman–Crippen MR) is 79.4 cm³/mol. The molecular formula is C13H18N4O3S. The molecule has 0 unspecified atom stereocenters. The predicted octanol–water partition coefficient (Wildman–Crippen LogP) is 0.842. The Hall–Kier alpha value is -2.06. The zero-order chi connectivity index (χ0) is 15.3. The summed E-state index contributed by atoms with van der Waals surface area (Å²) < 4.78 is 33.9. The molecule has 2 aromatic rings. The number of ether oxygens (including phenoxy) is 1. The minimum atomic E-state index is -3.65. The van der Waals surface area contributed by atoms with Gasteiger partial charge in [0, 0.05) is 31.2 Å². The van der Waals surface area contributed by atoms with E-state index in [0.717, 1.165) is 0 Å². The van der Waals surface area contributed by atoms with Gasteiger partial charge in [-0.15, -0.1) is 0 Å². The fourth-order valence-electron chi connectivity index (χ4n) is 1.86. The summed E-state index contributed by atoms with van der Waals surface area (Å²) in [4.78, 5) is 0.0455. The molecule has 8 heteroatoms. The molecule has 7 nitrogen and oxygen atoms in total. The van der Waals surface area contributed by atoms with Crippen LogP contribution < -0.4 is 15.2 Å². The highest BCUT2D eigenvalue weighted by atomic mass is 32.2. The van der Waals surface area contributed by atoms with Crippen molar-refractivity contribution in [2.24, 2.45) is 0 Å². The molecular weight excluding hydrogens is 292 g/mol. The molecule has 0 bridgehead atoms. The van der Waals surface area contributed by atoms with Crippen LogP contribution in [0.25, 0.3) is 0 Å². The van der Waals surface area contributed by atoms with E-state index in [2.05, 4.69) is 9.82 Å². The van der Waals surface area contributed by atoms with Crippen molar-refractivity contribution in [1.82, 2.24) is 14.5 Å². The van der Waals surface area contributed by atoms with Crippen LogP contribution in [0.1, 0.15) is 6.42 Å². The summed E-state index contributed by atoms with van der Waals surface area (Å²) in [6.45, 7) is 0.948. The molecule has 21 heavy (non-hydrogen) atoms. The zero-order valence-corrected chi connectivity index (χ0v) is 12.5. The van der Waals surface area contributed by atoms with Crippen molar-refractivity contribution in [1.29, 1.82) is 0 Å². The van der Waals surface area contributed by atoms with Crippen molar-refractivity contribution in [2.75, 3.05) is 19.4 Å². The molecule has 0 spiro atoms. The molecule has 0 fully saturated rings. The van der Waals surface area contributed by atoms with Crippen LogP contribution in [0.3, 0.4) is 0 Å². The number of hydrogen-bond acceptors (Lipinski definition) is 5. The molecule has 0 saturated carbocycles. The molecule has 0 radical (unpaired) electrons. The number of anilines is 1. The minimum Gasteiger partial charge on any atom is -0.495 e. The van der Waals surface area contributed by atoms with Gasteiger partial charge in [-0.3, -0.25) is 4.68 Å². The van der Waals surface area contributed by atoms with E-state index in [1.54, 1.807) is 16.9 Å². The topological polar surface area (TPSA) is 99.2 Å². The van der Waals surface area contributed by atoms with Crippen LogP contribution >= 0.6 is 0 Å². The summed E-state index contributed by atoms with van der Waals surface area (Å²) in [6.07, 6.45) is 4.14. The molecule has 0 amide bonds. The Morgan fingerprint density at radius 1 is 1.43 bits per heavy atom. The first-order valence-electron chi connectivity index (χ1n) is 6.43. The molecule has 3 N–H and O–H groups in total. The van der Waals surface area contributed by atoms with E-state index in [4.69, 9.17) is 10.5 Å². The highest BCUT2D eigenvalue weighted by Crippen LogP contribution is 2.25. The van der Waals surface area contributed by atoms with E-state index in [1.165, 1.54) is 19.2 Å². The second kappa shape index (κ2) is 6.59. The molecule has 0 aliphatic carbocycles. The first-order chi connectivity index (χ1) is 10.0. The van der Waals surface area contributed by atoms with Crippen molar-refractivity contribution in [3.05, 3.63) is 36.7 Å². The summed E-state index contributed by atoms with van der Waals surface area (Å²) >= 11 is 0. The number of hydrogen-bond donors (Lipinski definition) is 2. The van der Waals surface area contributed by atoms with Crippen LogP contribution in [-0.4, -0.2) is 31.9 Å². The third kappa shape index (κ3) is 3.96. The lowest BCUT2D eigenvalue weighted by molar-refractivity contribution is 0.402. The monoisotopic (exact) mass is 310 g/mol. The van der Waals surface area contributed by atoms with Gasteiger partial charge in [0.2, 0.25) is 10.0 Å². The van der Waals surface area contributed by atoms with E-state index < -0.39 is 10.0 Å². The van der Waals surface area contributed by atoms with E-state index in [-0.39, 0.29) is 10.6 Å². The highest BCUT2D eigenvalue weighted by Gasteiger charge is 2.19. The van der Waals surface area contributed by atoms with E-state index in [0.29, 0.717) is 25.2 Å². The maximum Gasteiger partial charge on any atom is 0.244 e. The number of benzene rings is 1. The Balaban J connectivity index is 1.99. The molecule has 114 valence electrons. The van der Waals surface area contributed by atoms with Crippen LogP contribution in [0.2, 0.25) is 0 Å². The Kier molecular flexibility index (Phi) is 4.81. The summed E-state index contributed by atoms with van der Waals surface area (Å²) in [7, 11) is -2.23. The Labute approximate surface area is 123 Å². The van der Waals surface area contributed by atoms with Crippen molar-refractivity contribution in [3.8, 4) is 5.75 Å². The van der Waals surface area contributed by atoms with Crippen LogP contribution in [0.5, 0.6) is 5.75 Å².